The molecule has 24 heavy (non-hydrogen) atoms. The standard InChI is InChI=1S/C17H15N3O4/c21-16(12-6-8-13(9-7-12)20(23)24)18-19-17(22)15-10-14(15)11-4-2-1-3-5-11/h1-9,14-15H,10H2,(H,18,21)(H,19,22)/t14-,15+/m1/s1. The summed E-state index contributed by atoms with van der Waals surface area (Å²) >= 11 is 0. The molecule has 0 unspecified atom stereocenters. The van der Waals surface area contributed by atoms with Crippen LogP contribution in [0.25, 0.3) is 0 Å². The van der Waals surface area contributed by atoms with Gasteiger partial charge >= 0.3 is 0 Å². The molecule has 7 nitrogen and oxygen atoms in total. The minimum Gasteiger partial charge on any atom is -0.273 e. The first-order valence-corrected chi connectivity index (χ1v) is 7.46. The molecule has 1 saturated carbocycles. The van der Waals surface area contributed by atoms with Gasteiger partial charge in [0.1, 0.15) is 0 Å². The fourth-order valence-corrected chi connectivity index (χ4v) is 2.57. The van der Waals surface area contributed by atoms with Crippen molar-refractivity contribution in [2.45, 2.75) is 12.3 Å². The van der Waals surface area contributed by atoms with Crippen LogP contribution in [-0.2, 0) is 4.79 Å². The molecule has 1 fully saturated rings. The maximum Gasteiger partial charge on any atom is 0.269 e. The summed E-state index contributed by atoms with van der Waals surface area (Å²) in [5.74, 6) is -0.721. The van der Waals surface area contributed by atoms with Gasteiger partial charge in [-0.05, 0) is 30.0 Å². The van der Waals surface area contributed by atoms with E-state index in [1.807, 2.05) is 30.3 Å². The zero-order valence-corrected chi connectivity index (χ0v) is 12.6. The number of nitro groups is 1. The van der Waals surface area contributed by atoms with Crippen molar-refractivity contribution in [1.82, 2.24) is 10.9 Å². The summed E-state index contributed by atoms with van der Waals surface area (Å²) in [4.78, 5) is 34.0. The number of non-ortho nitro benzene ring substituents is 1. The van der Waals surface area contributed by atoms with E-state index in [-0.39, 0.29) is 29.0 Å². The molecule has 0 saturated heterocycles. The second-order valence-electron chi connectivity index (χ2n) is 5.61. The highest BCUT2D eigenvalue weighted by Gasteiger charge is 2.43. The number of nitrogens with zero attached hydrogens (tertiary/aromatic N) is 1. The number of hydrogen-bond acceptors (Lipinski definition) is 4. The van der Waals surface area contributed by atoms with E-state index in [9.17, 15) is 19.7 Å². The van der Waals surface area contributed by atoms with Crippen LogP contribution >= 0.6 is 0 Å². The van der Waals surface area contributed by atoms with Crippen molar-refractivity contribution >= 4 is 17.5 Å². The number of hydrazine groups is 1. The largest absolute Gasteiger partial charge is 0.273 e. The maximum absolute atomic E-state index is 12.1. The number of hydrogen-bond donors (Lipinski definition) is 2. The number of amides is 2. The fraction of sp³-hybridized carbons (Fsp3) is 0.176. The van der Waals surface area contributed by atoms with Crippen LogP contribution in [-0.4, -0.2) is 16.7 Å². The molecule has 1 aliphatic carbocycles. The smallest absolute Gasteiger partial charge is 0.269 e. The Bertz CT molecular complexity index is 774. The molecule has 0 spiro atoms. The molecule has 0 radical (unpaired) electrons. The Hall–Kier alpha value is -3.22. The molecule has 2 aromatic carbocycles. The molecule has 0 aliphatic heterocycles. The Balaban J connectivity index is 1.51. The lowest BCUT2D eigenvalue weighted by atomic mass is 10.1. The van der Waals surface area contributed by atoms with Gasteiger partial charge in [-0.1, -0.05) is 30.3 Å². The Morgan fingerprint density at radius 2 is 1.67 bits per heavy atom. The Labute approximate surface area is 137 Å². The van der Waals surface area contributed by atoms with Crippen molar-refractivity contribution in [2.24, 2.45) is 5.92 Å². The van der Waals surface area contributed by atoms with Crippen molar-refractivity contribution in [3.63, 3.8) is 0 Å². The normalized spacial score (nSPS) is 18.5. The zero-order chi connectivity index (χ0) is 17.1. The molecule has 7 heteroatoms. The molecule has 1 aliphatic rings. The number of nitrogens with one attached hydrogen (secondary N) is 2. The van der Waals surface area contributed by atoms with Crippen LogP contribution in [0.3, 0.4) is 0 Å². The topological polar surface area (TPSA) is 101 Å². The van der Waals surface area contributed by atoms with Gasteiger partial charge in [-0.3, -0.25) is 30.6 Å². The first-order chi connectivity index (χ1) is 11.6. The lowest BCUT2D eigenvalue weighted by Gasteiger charge is -2.07. The van der Waals surface area contributed by atoms with Gasteiger partial charge in [0.2, 0.25) is 5.91 Å². The van der Waals surface area contributed by atoms with E-state index in [2.05, 4.69) is 10.9 Å². The highest BCUT2D eigenvalue weighted by Crippen LogP contribution is 2.47. The van der Waals surface area contributed by atoms with E-state index in [1.165, 1.54) is 24.3 Å². The van der Waals surface area contributed by atoms with E-state index in [0.717, 1.165) is 12.0 Å². The van der Waals surface area contributed by atoms with Crippen molar-refractivity contribution in [1.29, 1.82) is 0 Å². The SMILES string of the molecule is O=C(NNC(=O)[C@H]1C[C@@H]1c1ccccc1)c1ccc([N+](=O)[O-])cc1. The van der Waals surface area contributed by atoms with Gasteiger partial charge in [0.25, 0.3) is 11.6 Å². The average molecular weight is 325 g/mol. The third-order valence-corrected chi connectivity index (χ3v) is 3.99. The van der Waals surface area contributed by atoms with Crippen LogP contribution < -0.4 is 10.9 Å². The van der Waals surface area contributed by atoms with Crippen LogP contribution in [0.2, 0.25) is 0 Å². The molecule has 0 heterocycles. The molecule has 2 N–H and O–H groups in total. The average Bonchev–Trinajstić information content (AvgIpc) is 3.41. The Morgan fingerprint density at radius 1 is 1.00 bits per heavy atom. The van der Waals surface area contributed by atoms with Gasteiger partial charge in [0.15, 0.2) is 0 Å². The van der Waals surface area contributed by atoms with E-state index < -0.39 is 10.8 Å². The van der Waals surface area contributed by atoms with Crippen LogP contribution in [0.1, 0.15) is 28.3 Å². The third-order valence-electron chi connectivity index (χ3n) is 3.99. The molecule has 122 valence electrons. The maximum atomic E-state index is 12.1. The predicted molar refractivity (Wildman–Crippen MR) is 86.0 cm³/mol. The van der Waals surface area contributed by atoms with Gasteiger partial charge in [0.05, 0.1) is 4.92 Å². The summed E-state index contributed by atoms with van der Waals surface area (Å²) in [7, 11) is 0. The molecule has 0 aromatic heterocycles. The van der Waals surface area contributed by atoms with E-state index in [1.54, 1.807) is 0 Å². The van der Waals surface area contributed by atoms with Gasteiger partial charge in [-0.15, -0.1) is 0 Å². The molecule has 3 rings (SSSR count). The first kappa shape index (κ1) is 15.7. The van der Waals surface area contributed by atoms with Crippen molar-refractivity contribution in [3.8, 4) is 0 Å². The highest BCUT2D eigenvalue weighted by atomic mass is 16.6. The quantitative estimate of drug-likeness (QED) is 0.664. The van der Waals surface area contributed by atoms with Gasteiger partial charge in [-0.25, -0.2) is 0 Å². The summed E-state index contributed by atoms with van der Waals surface area (Å²) in [6.07, 6.45) is 0.753. The Morgan fingerprint density at radius 3 is 2.29 bits per heavy atom. The van der Waals surface area contributed by atoms with E-state index in [4.69, 9.17) is 0 Å². The monoisotopic (exact) mass is 325 g/mol. The minimum absolute atomic E-state index is 0.0979. The Kier molecular flexibility index (Phi) is 4.24. The number of carbonyl (C=O) groups is 2. The van der Waals surface area contributed by atoms with Crippen LogP contribution in [0.5, 0.6) is 0 Å². The molecular weight excluding hydrogens is 310 g/mol. The van der Waals surface area contributed by atoms with Crippen LogP contribution in [0, 0.1) is 16.0 Å². The molecule has 2 aromatic rings. The first-order valence-electron chi connectivity index (χ1n) is 7.46. The van der Waals surface area contributed by atoms with Crippen molar-refractivity contribution in [3.05, 3.63) is 75.8 Å². The van der Waals surface area contributed by atoms with E-state index >= 15 is 0 Å². The molecule has 2 atom stereocenters. The van der Waals surface area contributed by atoms with Gasteiger partial charge in [-0.2, -0.15) is 0 Å². The van der Waals surface area contributed by atoms with Crippen LogP contribution in [0.4, 0.5) is 5.69 Å². The summed E-state index contributed by atoms with van der Waals surface area (Å²) in [5.41, 5.74) is 5.99. The molecular formula is C17H15N3O4. The summed E-state index contributed by atoms with van der Waals surface area (Å²) < 4.78 is 0. The zero-order valence-electron chi connectivity index (χ0n) is 12.6. The van der Waals surface area contributed by atoms with Gasteiger partial charge in [0, 0.05) is 23.6 Å². The summed E-state index contributed by atoms with van der Waals surface area (Å²) in [6, 6.07) is 14.9. The molecule has 0 bridgehead atoms. The summed E-state index contributed by atoms with van der Waals surface area (Å²) in [6.45, 7) is 0. The van der Waals surface area contributed by atoms with Gasteiger partial charge < -0.3 is 0 Å². The van der Waals surface area contributed by atoms with Crippen molar-refractivity contribution in [2.75, 3.05) is 0 Å². The van der Waals surface area contributed by atoms with Crippen molar-refractivity contribution < 1.29 is 14.5 Å². The fourth-order valence-electron chi connectivity index (χ4n) is 2.57. The number of nitro benzene ring substituents is 1. The predicted octanol–water partition coefficient (Wildman–Crippen LogP) is 2.16. The summed E-state index contributed by atoms with van der Waals surface area (Å²) in [5, 5.41) is 10.6. The number of rotatable bonds is 4. The number of carbonyl (C=O) groups excluding carboxylic acids is 2. The van der Waals surface area contributed by atoms with E-state index in [0.29, 0.717) is 0 Å². The lowest BCUT2D eigenvalue weighted by Crippen LogP contribution is -2.42. The highest BCUT2D eigenvalue weighted by molar-refractivity contribution is 5.96. The van der Waals surface area contributed by atoms with Crippen LogP contribution in [0.15, 0.2) is 54.6 Å². The minimum atomic E-state index is -0.541. The second-order valence-corrected chi connectivity index (χ2v) is 5.61. The number of benzene rings is 2. The third kappa shape index (κ3) is 3.40. The lowest BCUT2D eigenvalue weighted by molar-refractivity contribution is -0.384. The second kappa shape index (κ2) is 6.49. The molecule has 2 amide bonds.